The highest BCUT2D eigenvalue weighted by Gasteiger charge is 2.56. The van der Waals surface area contributed by atoms with E-state index >= 15 is 0 Å². The maximum Gasteiger partial charge on any atom is 0.120 e. The van der Waals surface area contributed by atoms with E-state index < -0.39 is 0 Å². The Morgan fingerprint density at radius 3 is 2.60 bits per heavy atom. The van der Waals surface area contributed by atoms with E-state index in [0.717, 1.165) is 28.9 Å². The van der Waals surface area contributed by atoms with Crippen LogP contribution in [-0.4, -0.2) is 0 Å². The Balaban J connectivity index is 0.000000383. The third-order valence-electron chi connectivity index (χ3n) is 7.49. The summed E-state index contributed by atoms with van der Waals surface area (Å²) in [5.41, 5.74) is 11.9. The number of rotatable bonds is 8. The predicted molar refractivity (Wildman–Crippen MR) is 175 cm³/mol. The SMILES string of the molecule is C=C=C(/C=C\C)CC.C=Cc1c(C)cccc1COc1cccc(/C=C/C2=CC=C3C=CC=CC34CC24)c1.CC. The molecule has 1 spiro atoms. The van der Waals surface area contributed by atoms with Crippen molar-refractivity contribution in [2.75, 3.05) is 0 Å². The van der Waals surface area contributed by atoms with E-state index in [9.17, 15) is 0 Å². The van der Waals surface area contributed by atoms with E-state index in [2.05, 4.69) is 118 Å². The summed E-state index contributed by atoms with van der Waals surface area (Å²) < 4.78 is 6.10. The molecule has 0 amide bonds. The largest absolute Gasteiger partial charge is 0.489 e. The lowest BCUT2D eigenvalue weighted by atomic mass is 9.83. The third-order valence-corrected chi connectivity index (χ3v) is 7.49. The topological polar surface area (TPSA) is 9.23 Å². The lowest BCUT2D eigenvalue weighted by Crippen LogP contribution is -2.09. The summed E-state index contributed by atoms with van der Waals surface area (Å²) in [6.45, 7) is 18.2. The summed E-state index contributed by atoms with van der Waals surface area (Å²) in [7, 11) is 0. The number of ether oxygens (including phenoxy) is 1. The second kappa shape index (κ2) is 14.9. The molecule has 0 N–H and O–H groups in total. The molecule has 0 heterocycles. The van der Waals surface area contributed by atoms with Gasteiger partial charge in [0.2, 0.25) is 0 Å². The van der Waals surface area contributed by atoms with E-state index in [0.29, 0.717) is 12.5 Å². The molecule has 0 aromatic heterocycles. The second-order valence-electron chi connectivity index (χ2n) is 9.91. The zero-order valence-electron chi connectivity index (χ0n) is 24.9. The van der Waals surface area contributed by atoms with Crippen LogP contribution in [0.1, 0.15) is 62.8 Å². The molecule has 206 valence electrons. The molecule has 1 saturated carbocycles. The number of hydrogen-bond acceptors (Lipinski definition) is 1. The van der Waals surface area contributed by atoms with Gasteiger partial charge >= 0.3 is 0 Å². The summed E-state index contributed by atoms with van der Waals surface area (Å²) in [6, 6.07) is 14.6. The molecule has 2 aromatic rings. The van der Waals surface area contributed by atoms with Crippen LogP contribution >= 0.6 is 0 Å². The fourth-order valence-corrected chi connectivity index (χ4v) is 5.24. The molecule has 40 heavy (non-hydrogen) atoms. The van der Waals surface area contributed by atoms with Crippen molar-refractivity contribution in [1.29, 1.82) is 0 Å². The van der Waals surface area contributed by atoms with Gasteiger partial charge in [-0.3, -0.25) is 0 Å². The summed E-state index contributed by atoms with van der Waals surface area (Å²) >= 11 is 0. The molecule has 2 unspecified atom stereocenters. The van der Waals surface area contributed by atoms with Crippen molar-refractivity contribution >= 4 is 12.2 Å². The lowest BCUT2D eigenvalue weighted by molar-refractivity contribution is 0.306. The van der Waals surface area contributed by atoms with Crippen molar-refractivity contribution < 1.29 is 4.74 Å². The zero-order chi connectivity index (χ0) is 29.0. The van der Waals surface area contributed by atoms with E-state index in [-0.39, 0.29) is 5.41 Å². The number of benzene rings is 2. The number of allylic oxidation sites excluding steroid dienone is 12. The van der Waals surface area contributed by atoms with Crippen molar-refractivity contribution in [3.8, 4) is 5.75 Å². The van der Waals surface area contributed by atoms with Gasteiger partial charge in [0.1, 0.15) is 12.4 Å². The van der Waals surface area contributed by atoms with Gasteiger partial charge in [-0.05, 0) is 83.7 Å². The first-order chi connectivity index (χ1) is 19.5. The van der Waals surface area contributed by atoms with Crippen LogP contribution in [0.5, 0.6) is 5.75 Å². The van der Waals surface area contributed by atoms with Crippen LogP contribution in [0, 0.1) is 18.3 Å². The molecule has 3 aliphatic carbocycles. The van der Waals surface area contributed by atoms with E-state index in [4.69, 9.17) is 4.74 Å². The van der Waals surface area contributed by atoms with Crippen LogP contribution in [0.3, 0.4) is 0 Å². The molecule has 0 radical (unpaired) electrons. The van der Waals surface area contributed by atoms with Crippen molar-refractivity contribution in [1.82, 2.24) is 0 Å². The van der Waals surface area contributed by atoms with Crippen LogP contribution in [0.25, 0.3) is 12.2 Å². The molecule has 5 rings (SSSR count). The molecule has 3 aliphatic rings. The molecule has 0 aliphatic heterocycles. The van der Waals surface area contributed by atoms with E-state index in [1.165, 1.54) is 28.7 Å². The van der Waals surface area contributed by atoms with Gasteiger partial charge in [0.15, 0.2) is 0 Å². The molecular formula is C39H44O. The fourth-order valence-electron chi connectivity index (χ4n) is 5.24. The highest BCUT2D eigenvalue weighted by molar-refractivity contribution is 5.61. The smallest absolute Gasteiger partial charge is 0.120 e. The van der Waals surface area contributed by atoms with Gasteiger partial charge in [-0.1, -0.05) is 131 Å². The number of hydrogen-bond donors (Lipinski definition) is 0. The standard InChI is InChI=1S/C29H26O.C8H12.C2H6/c1-3-27-21(2)8-6-10-24(27)20-30-26-12-7-9-22(18-26)13-14-23-15-16-25-11-4-5-17-29(25)19-28(23)29;1-4-7-8(5-2)6-3;1-2/h3-18,28H,1,19-20H2,2H3;4,7H,2,6H2,1,3H3;1-2H3/b14-13+;7-4-;. The minimum Gasteiger partial charge on any atom is -0.489 e. The number of aryl methyl sites for hydroxylation is 1. The van der Waals surface area contributed by atoms with Gasteiger partial charge in [-0.2, -0.15) is 0 Å². The predicted octanol–water partition coefficient (Wildman–Crippen LogP) is 10.9. The van der Waals surface area contributed by atoms with Gasteiger partial charge in [-0.25, -0.2) is 0 Å². The molecule has 1 heteroatoms. The van der Waals surface area contributed by atoms with Crippen molar-refractivity contribution in [3.05, 3.63) is 155 Å². The Labute approximate surface area is 242 Å². The van der Waals surface area contributed by atoms with Gasteiger partial charge in [0.05, 0.1) is 0 Å². The zero-order valence-corrected chi connectivity index (χ0v) is 24.9. The van der Waals surface area contributed by atoms with Crippen LogP contribution < -0.4 is 4.74 Å². The summed E-state index contributed by atoms with van der Waals surface area (Å²) in [4.78, 5) is 0. The molecule has 0 bridgehead atoms. The first-order valence-electron chi connectivity index (χ1n) is 14.5. The van der Waals surface area contributed by atoms with Crippen LogP contribution in [0.15, 0.2) is 133 Å². The first-order valence-corrected chi connectivity index (χ1v) is 14.5. The Bertz CT molecular complexity index is 1410. The second-order valence-corrected chi connectivity index (χ2v) is 9.91. The van der Waals surface area contributed by atoms with Crippen molar-refractivity contribution in [2.45, 2.75) is 54.1 Å². The Hall–Kier alpha value is -4.06. The van der Waals surface area contributed by atoms with Crippen LogP contribution in [-0.2, 0) is 6.61 Å². The average molecular weight is 529 g/mol. The van der Waals surface area contributed by atoms with Crippen molar-refractivity contribution in [2.24, 2.45) is 11.3 Å². The Morgan fingerprint density at radius 2 is 1.90 bits per heavy atom. The summed E-state index contributed by atoms with van der Waals surface area (Å²) in [6.07, 6.45) is 26.2. The van der Waals surface area contributed by atoms with Gasteiger partial charge < -0.3 is 4.74 Å². The minimum atomic E-state index is 0.269. The van der Waals surface area contributed by atoms with Gasteiger partial charge in [0, 0.05) is 5.41 Å². The molecule has 0 saturated heterocycles. The minimum absolute atomic E-state index is 0.269. The van der Waals surface area contributed by atoms with Gasteiger partial charge in [-0.15, -0.1) is 5.73 Å². The quantitative estimate of drug-likeness (QED) is 0.244. The van der Waals surface area contributed by atoms with Gasteiger partial charge in [0.25, 0.3) is 0 Å². The van der Waals surface area contributed by atoms with E-state index in [1.54, 1.807) is 0 Å². The lowest BCUT2D eigenvalue weighted by Gasteiger charge is -2.21. The van der Waals surface area contributed by atoms with E-state index in [1.807, 2.05) is 45.1 Å². The molecule has 2 atom stereocenters. The molecular weight excluding hydrogens is 484 g/mol. The first kappa shape index (κ1) is 30.5. The van der Waals surface area contributed by atoms with Crippen LogP contribution in [0.2, 0.25) is 0 Å². The van der Waals surface area contributed by atoms with Crippen molar-refractivity contribution in [3.63, 3.8) is 0 Å². The molecule has 1 fully saturated rings. The summed E-state index contributed by atoms with van der Waals surface area (Å²) in [5, 5.41) is 0. The molecule has 1 nitrogen and oxygen atoms in total. The maximum atomic E-state index is 6.10. The average Bonchev–Trinajstić information content (AvgIpc) is 3.73. The third kappa shape index (κ3) is 7.32. The molecule has 2 aromatic carbocycles. The van der Waals surface area contributed by atoms with Crippen LogP contribution in [0.4, 0.5) is 0 Å². The monoisotopic (exact) mass is 528 g/mol. The summed E-state index contributed by atoms with van der Waals surface area (Å²) in [5.74, 6) is 1.50. The normalized spacial score (nSPS) is 19.6. The maximum absolute atomic E-state index is 6.10. The highest BCUT2D eigenvalue weighted by Crippen LogP contribution is 2.65. The fraction of sp³-hybridized carbons (Fsp3) is 0.256. The Morgan fingerprint density at radius 1 is 1.10 bits per heavy atom. The highest BCUT2D eigenvalue weighted by atomic mass is 16.5. The Kier molecular flexibility index (Phi) is 11.4.